The van der Waals surface area contributed by atoms with Gasteiger partial charge in [0, 0.05) is 5.92 Å². The van der Waals surface area contributed by atoms with Crippen LogP contribution in [-0.4, -0.2) is 12.9 Å². The van der Waals surface area contributed by atoms with E-state index >= 15 is 0 Å². The van der Waals surface area contributed by atoms with Crippen molar-refractivity contribution in [2.75, 3.05) is 6.61 Å². The van der Waals surface area contributed by atoms with Crippen molar-refractivity contribution in [2.24, 2.45) is 0 Å². The van der Waals surface area contributed by atoms with E-state index in [4.69, 9.17) is 4.74 Å². The van der Waals surface area contributed by atoms with Crippen molar-refractivity contribution in [3.05, 3.63) is 29.3 Å². The summed E-state index contributed by atoms with van der Waals surface area (Å²) in [5, 5.41) is 0. The molecule has 1 unspecified atom stereocenters. The van der Waals surface area contributed by atoms with E-state index < -0.39 is 0 Å². The molecule has 0 N–H and O–H groups in total. The van der Waals surface area contributed by atoms with Crippen LogP contribution in [0.3, 0.4) is 0 Å². The maximum atomic E-state index is 10.6. The van der Waals surface area contributed by atoms with Gasteiger partial charge in [-0.3, -0.25) is 0 Å². The van der Waals surface area contributed by atoms with E-state index in [2.05, 4.69) is 0 Å². The monoisotopic (exact) mass is 192 g/mol. The van der Waals surface area contributed by atoms with E-state index in [0.29, 0.717) is 6.61 Å². The molecule has 0 saturated carbocycles. The van der Waals surface area contributed by atoms with Gasteiger partial charge in [0.05, 0.1) is 6.61 Å². The van der Waals surface area contributed by atoms with Crippen LogP contribution in [0.4, 0.5) is 0 Å². The summed E-state index contributed by atoms with van der Waals surface area (Å²) in [4.78, 5) is 10.6. The van der Waals surface area contributed by atoms with E-state index in [-0.39, 0.29) is 5.92 Å². The van der Waals surface area contributed by atoms with Crippen LogP contribution < -0.4 is 4.74 Å². The molecule has 1 aromatic rings. The number of hydrogen-bond acceptors (Lipinski definition) is 2. The number of hydrogen-bond donors (Lipinski definition) is 0. The summed E-state index contributed by atoms with van der Waals surface area (Å²) in [6.07, 6.45) is 0.945. The Morgan fingerprint density at radius 3 is 2.79 bits per heavy atom. The number of carbonyl (C=O) groups is 1. The second kappa shape index (κ2) is 4.80. The Kier molecular flexibility index (Phi) is 3.69. The highest BCUT2D eigenvalue weighted by Gasteiger charge is 2.06. The summed E-state index contributed by atoms with van der Waals surface area (Å²) >= 11 is 0. The van der Waals surface area contributed by atoms with E-state index in [1.54, 1.807) is 0 Å². The molecule has 0 fully saturated rings. The highest BCUT2D eigenvalue weighted by atomic mass is 16.5. The molecular formula is C12H16O2. The fourth-order valence-electron chi connectivity index (χ4n) is 1.29. The van der Waals surface area contributed by atoms with Gasteiger partial charge in [0.1, 0.15) is 12.0 Å². The Hall–Kier alpha value is -1.31. The van der Waals surface area contributed by atoms with Crippen LogP contribution in [0.1, 0.15) is 30.9 Å². The molecule has 0 aromatic heterocycles. The van der Waals surface area contributed by atoms with Gasteiger partial charge >= 0.3 is 0 Å². The molecule has 14 heavy (non-hydrogen) atoms. The lowest BCUT2D eigenvalue weighted by molar-refractivity contribution is -0.108. The molecule has 0 spiro atoms. The first-order chi connectivity index (χ1) is 6.69. The van der Waals surface area contributed by atoms with Gasteiger partial charge in [0.25, 0.3) is 0 Å². The fraction of sp³-hybridized carbons (Fsp3) is 0.417. The number of carbonyl (C=O) groups excluding carboxylic acids is 1. The van der Waals surface area contributed by atoms with Crippen LogP contribution in [0.25, 0.3) is 0 Å². The predicted molar refractivity (Wildman–Crippen MR) is 56.8 cm³/mol. The summed E-state index contributed by atoms with van der Waals surface area (Å²) in [6.45, 7) is 6.49. The van der Waals surface area contributed by atoms with Crippen molar-refractivity contribution >= 4 is 6.29 Å². The number of benzene rings is 1. The average Bonchev–Trinajstić information content (AvgIpc) is 2.20. The summed E-state index contributed by atoms with van der Waals surface area (Å²) in [5.74, 6) is 0.813. The summed E-state index contributed by atoms with van der Waals surface area (Å²) < 4.78 is 5.46. The molecule has 0 aliphatic carbocycles. The summed E-state index contributed by atoms with van der Waals surface area (Å²) in [7, 11) is 0. The fourth-order valence-corrected chi connectivity index (χ4v) is 1.29. The zero-order valence-corrected chi connectivity index (χ0v) is 8.91. The molecule has 1 rings (SSSR count). The van der Waals surface area contributed by atoms with E-state index in [1.807, 2.05) is 39.0 Å². The van der Waals surface area contributed by atoms with Crippen LogP contribution in [0.5, 0.6) is 5.75 Å². The van der Waals surface area contributed by atoms with Crippen LogP contribution in [0.2, 0.25) is 0 Å². The lowest BCUT2D eigenvalue weighted by Crippen LogP contribution is -1.98. The molecule has 2 heteroatoms. The highest BCUT2D eigenvalue weighted by Crippen LogP contribution is 2.23. The quantitative estimate of drug-likeness (QED) is 0.685. The first kappa shape index (κ1) is 10.8. The van der Waals surface area contributed by atoms with Crippen molar-refractivity contribution in [1.82, 2.24) is 0 Å². The highest BCUT2D eigenvalue weighted by molar-refractivity contribution is 5.62. The second-order valence-corrected chi connectivity index (χ2v) is 3.38. The van der Waals surface area contributed by atoms with Gasteiger partial charge in [-0.05, 0) is 31.0 Å². The smallest absolute Gasteiger partial charge is 0.127 e. The number of rotatable bonds is 4. The van der Waals surface area contributed by atoms with Crippen molar-refractivity contribution in [3.8, 4) is 5.75 Å². The molecule has 1 atom stereocenters. The van der Waals surface area contributed by atoms with Gasteiger partial charge in [-0.1, -0.05) is 19.1 Å². The summed E-state index contributed by atoms with van der Waals surface area (Å²) in [6, 6.07) is 5.90. The van der Waals surface area contributed by atoms with Gasteiger partial charge in [-0.25, -0.2) is 0 Å². The molecule has 2 nitrogen and oxygen atoms in total. The SMILES string of the molecule is CCOc1cc(C(C)C=O)ccc1C. The van der Waals surface area contributed by atoms with Gasteiger partial charge in [0.2, 0.25) is 0 Å². The van der Waals surface area contributed by atoms with Crippen LogP contribution in [0, 0.1) is 6.92 Å². The van der Waals surface area contributed by atoms with Crippen LogP contribution in [-0.2, 0) is 4.79 Å². The molecule has 0 amide bonds. The first-order valence-corrected chi connectivity index (χ1v) is 4.87. The van der Waals surface area contributed by atoms with Crippen molar-refractivity contribution in [1.29, 1.82) is 0 Å². The third-order valence-corrected chi connectivity index (χ3v) is 2.24. The molecule has 0 saturated heterocycles. The number of aldehydes is 1. The third-order valence-electron chi connectivity index (χ3n) is 2.24. The average molecular weight is 192 g/mol. The van der Waals surface area contributed by atoms with Gasteiger partial charge < -0.3 is 9.53 Å². The standard InChI is InChI=1S/C12H16O2/c1-4-14-12-7-11(10(3)8-13)6-5-9(12)2/h5-8,10H,4H2,1-3H3. The minimum absolute atomic E-state index is 0.0604. The maximum Gasteiger partial charge on any atom is 0.127 e. The van der Waals surface area contributed by atoms with Gasteiger partial charge in [-0.2, -0.15) is 0 Å². The maximum absolute atomic E-state index is 10.6. The molecule has 76 valence electrons. The lowest BCUT2D eigenvalue weighted by atomic mass is 10.0. The van der Waals surface area contributed by atoms with Gasteiger partial charge in [-0.15, -0.1) is 0 Å². The molecular weight excluding hydrogens is 176 g/mol. The normalized spacial score (nSPS) is 12.2. The Bertz CT molecular complexity index is 318. The Morgan fingerprint density at radius 1 is 1.50 bits per heavy atom. The minimum atomic E-state index is -0.0604. The number of ether oxygens (including phenoxy) is 1. The lowest BCUT2D eigenvalue weighted by Gasteiger charge is -2.10. The molecule has 0 bridgehead atoms. The zero-order chi connectivity index (χ0) is 10.6. The first-order valence-electron chi connectivity index (χ1n) is 4.87. The van der Waals surface area contributed by atoms with Crippen LogP contribution in [0.15, 0.2) is 18.2 Å². The Labute approximate surface area is 84.9 Å². The predicted octanol–water partition coefficient (Wildman–Crippen LogP) is 2.70. The largest absolute Gasteiger partial charge is 0.494 e. The third kappa shape index (κ3) is 2.34. The number of aryl methyl sites for hydroxylation is 1. The topological polar surface area (TPSA) is 26.3 Å². The summed E-state index contributed by atoms with van der Waals surface area (Å²) in [5.41, 5.74) is 2.11. The van der Waals surface area contributed by atoms with Gasteiger partial charge in [0.15, 0.2) is 0 Å². The van der Waals surface area contributed by atoms with E-state index in [0.717, 1.165) is 23.2 Å². The van der Waals surface area contributed by atoms with Crippen LogP contribution >= 0.6 is 0 Å². The van der Waals surface area contributed by atoms with Crippen molar-refractivity contribution in [3.63, 3.8) is 0 Å². The van der Waals surface area contributed by atoms with E-state index in [9.17, 15) is 4.79 Å². The van der Waals surface area contributed by atoms with Crippen molar-refractivity contribution < 1.29 is 9.53 Å². The second-order valence-electron chi connectivity index (χ2n) is 3.38. The zero-order valence-electron chi connectivity index (χ0n) is 8.91. The molecule has 0 aliphatic rings. The van der Waals surface area contributed by atoms with E-state index in [1.165, 1.54) is 0 Å². The molecule has 0 aliphatic heterocycles. The van der Waals surface area contributed by atoms with Crippen molar-refractivity contribution in [2.45, 2.75) is 26.7 Å². The minimum Gasteiger partial charge on any atom is -0.494 e. The molecule has 1 aromatic carbocycles. The molecule has 0 radical (unpaired) electrons. The Morgan fingerprint density at radius 2 is 2.21 bits per heavy atom. The Balaban J connectivity index is 2.99. The molecule has 0 heterocycles.